The second-order valence-electron chi connectivity index (χ2n) is 1.75. The van der Waals surface area contributed by atoms with Crippen molar-refractivity contribution in [2.24, 2.45) is 7.05 Å². The van der Waals surface area contributed by atoms with Crippen molar-refractivity contribution in [3.8, 4) is 0 Å². The molecule has 0 radical (unpaired) electrons. The third-order valence-corrected chi connectivity index (χ3v) is 0.637. The lowest BCUT2D eigenvalue weighted by Gasteiger charge is -1.76. The van der Waals surface area contributed by atoms with Crippen LogP contribution in [0.1, 0.15) is 6.92 Å². The zero-order valence-electron chi connectivity index (χ0n) is 6.39. The van der Waals surface area contributed by atoms with Gasteiger partial charge in [0.25, 0.3) is 5.97 Å². The largest absolute Gasteiger partial charge is 0.481 e. The molecule has 1 aromatic rings. The van der Waals surface area contributed by atoms with Gasteiger partial charge in [0, 0.05) is 26.4 Å². The van der Waals surface area contributed by atoms with Crippen LogP contribution in [0.25, 0.3) is 0 Å². The number of imidazole rings is 1. The number of aliphatic carboxylic acids is 1. The molecule has 0 aliphatic heterocycles. The average Bonchev–Trinajstić information content (AvgIpc) is 2.15. The third kappa shape index (κ3) is 12.2. The first-order chi connectivity index (χ1) is 4.63. The standard InChI is InChI=1S/C4H6N2.C2H4O2.ClH/c1-6-3-2-5-4-6;1-2(3)4;/h2-4H,1H3;1H3,(H,3,4);1H. The van der Waals surface area contributed by atoms with E-state index in [-0.39, 0.29) is 12.4 Å². The summed E-state index contributed by atoms with van der Waals surface area (Å²) in [6, 6.07) is 0. The summed E-state index contributed by atoms with van der Waals surface area (Å²) in [6.07, 6.45) is 5.39. The maximum absolute atomic E-state index is 9.00. The van der Waals surface area contributed by atoms with Gasteiger partial charge >= 0.3 is 0 Å². The Bertz CT molecular complexity index is 182. The van der Waals surface area contributed by atoms with Crippen LogP contribution in [0.5, 0.6) is 0 Å². The summed E-state index contributed by atoms with van der Waals surface area (Å²) >= 11 is 0. The first-order valence-corrected chi connectivity index (χ1v) is 2.74. The third-order valence-electron chi connectivity index (χ3n) is 0.637. The van der Waals surface area contributed by atoms with Crippen LogP contribution in [0.2, 0.25) is 0 Å². The van der Waals surface area contributed by atoms with Crippen LogP contribution in [0, 0.1) is 0 Å². The lowest BCUT2D eigenvalue weighted by atomic mass is 10.9. The summed E-state index contributed by atoms with van der Waals surface area (Å²) in [4.78, 5) is 12.8. The molecule has 0 fully saturated rings. The number of carboxylic acids is 1. The van der Waals surface area contributed by atoms with Gasteiger partial charge in [-0.25, -0.2) is 4.98 Å². The molecule has 0 unspecified atom stereocenters. The Balaban J connectivity index is 0. The van der Waals surface area contributed by atoms with Crippen LogP contribution in [-0.4, -0.2) is 20.6 Å². The van der Waals surface area contributed by atoms with Crippen molar-refractivity contribution >= 4 is 18.4 Å². The van der Waals surface area contributed by atoms with E-state index in [0.717, 1.165) is 6.92 Å². The van der Waals surface area contributed by atoms with Crippen LogP contribution in [0.3, 0.4) is 0 Å². The first-order valence-electron chi connectivity index (χ1n) is 2.74. The van der Waals surface area contributed by atoms with Gasteiger partial charge in [0.05, 0.1) is 6.33 Å². The maximum atomic E-state index is 9.00. The Hall–Kier alpha value is -1.03. The van der Waals surface area contributed by atoms with E-state index in [0.29, 0.717) is 0 Å². The number of nitrogens with zero attached hydrogens (tertiary/aromatic N) is 2. The molecule has 0 aromatic carbocycles. The lowest BCUT2D eigenvalue weighted by Crippen LogP contribution is -1.78. The fourth-order valence-electron chi connectivity index (χ4n) is 0.326. The van der Waals surface area contributed by atoms with Crippen molar-refractivity contribution in [3.05, 3.63) is 18.7 Å². The van der Waals surface area contributed by atoms with Crippen molar-refractivity contribution in [1.82, 2.24) is 9.55 Å². The zero-order valence-corrected chi connectivity index (χ0v) is 7.21. The van der Waals surface area contributed by atoms with Crippen molar-refractivity contribution < 1.29 is 9.90 Å². The van der Waals surface area contributed by atoms with Gasteiger partial charge in [-0.2, -0.15) is 0 Å². The molecule has 0 saturated carbocycles. The second-order valence-corrected chi connectivity index (χ2v) is 1.75. The summed E-state index contributed by atoms with van der Waals surface area (Å²) < 4.78 is 1.89. The number of hydrogen-bond donors (Lipinski definition) is 1. The van der Waals surface area contributed by atoms with Gasteiger partial charge in [-0.15, -0.1) is 12.4 Å². The Kier molecular flexibility index (Phi) is 8.13. The molecule has 0 bridgehead atoms. The van der Waals surface area contributed by atoms with Crippen molar-refractivity contribution in [3.63, 3.8) is 0 Å². The molecule has 0 aliphatic rings. The molecule has 0 aliphatic carbocycles. The van der Waals surface area contributed by atoms with E-state index < -0.39 is 5.97 Å². The molecule has 5 heteroatoms. The molecule has 0 saturated heterocycles. The molecule has 1 heterocycles. The number of carbonyl (C=O) groups is 1. The van der Waals surface area contributed by atoms with E-state index >= 15 is 0 Å². The molecular weight excluding hydrogens is 168 g/mol. The van der Waals surface area contributed by atoms with E-state index in [9.17, 15) is 0 Å². The van der Waals surface area contributed by atoms with Crippen molar-refractivity contribution in [1.29, 1.82) is 0 Å². The van der Waals surface area contributed by atoms with Gasteiger partial charge in [0.2, 0.25) is 0 Å². The molecule has 0 atom stereocenters. The Morgan fingerprint density at radius 1 is 1.64 bits per heavy atom. The van der Waals surface area contributed by atoms with Gasteiger partial charge in [0.15, 0.2) is 0 Å². The predicted molar refractivity (Wildman–Crippen MR) is 43.8 cm³/mol. The molecule has 1 aromatic heterocycles. The number of carboxylic acid groups (broad SMARTS) is 1. The normalized spacial score (nSPS) is 7.09. The topological polar surface area (TPSA) is 55.1 Å². The van der Waals surface area contributed by atoms with Gasteiger partial charge in [-0.3, -0.25) is 4.79 Å². The fourth-order valence-corrected chi connectivity index (χ4v) is 0.326. The minimum Gasteiger partial charge on any atom is -0.481 e. The van der Waals surface area contributed by atoms with Gasteiger partial charge in [0.1, 0.15) is 0 Å². The lowest BCUT2D eigenvalue weighted by molar-refractivity contribution is -0.134. The summed E-state index contributed by atoms with van der Waals surface area (Å²) in [6.45, 7) is 1.08. The Labute approximate surface area is 71.3 Å². The minimum absolute atomic E-state index is 0. The van der Waals surface area contributed by atoms with Crippen LogP contribution in [0.15, 0.2) is 18.7 Å². The number of aryl methyl sites for hydroxylation is 1. The van der Waals surface area contributed by atoms with Crippen molar-refractivity contribution in [2.75, 3.05) is 0 Å². The zero-order chi connectivity index (χ0) is 7.98. The predicted octanol–water partition coefficient (Wildman–Crippen LogP) is 0.933. The average molecular weight is 179 g/mol. The SMILES string of the molecule is CC(=O)O.Cl.Cn1ccnc1. The Morgan fingerprint density at radius 2 is 2.09 bits per heavy atom. The maximum Gasteiger partial charge on any atom is 0.300 e. The molecule has 64 valence electrons. The highest BCUT2D eigenvalue weighted by molar-refractivity contribution is 5.85. The molecule has 0 spiro atoms. The van der Waals surface area contributed by atoms with Crippen molar-refractivity contribution in [2.45, 2.75) is 6.92 Å². The van der Waals surface area contributed by atoms with E-state index in [1.807, 2.05) is 17.8 Å². The molecule has 1 N–H and O–H groups in total. The summed E-state index contributed by atoms with van der Waals surface area (Å²) in [5.74, 6) is -0.833. The van der Waals surface area contributed by atoms with E-state index in [1.54, 1.807) is 12.5 Å². The smallest absolute Gasteiger partial charge is 0.300 e. The van der Waals surface area contributed by atoms with Crippen LogP contribution in [0.4, 0.5) is 0 Å². The quantitative estimate of drug-likeness (QED) is 0.643. The van der Waals surface area contributed by atoms with Gasteiger partial charge in [-0.1, -0.05) is 0 Å². The van der Waals surface area contributed by atoms with E-state index in [1.165, 1.54) is 0 Å². The second kappa shape index (κ2) is 7.08. The fraction of sp³-hybridized carbons (Fsp3) is 0.333. The summed E-state index contributed by atoms with van der Waals surface area (Å²) in [5, 5.41) is 7.42. The first kappa shape index (κ1) is 12.6. The van der Waals surface area contributed by atoms with Gasteiger partial charge < -0.3 is 9.67 Å². The number of halogens is 1. The summed E-state index contributed by atoms with van der Waals surface area (Å²) in [5.41, 5.74) is 0. The number of aromatic nitrogens is 2. The highest BCUT2D eigenvalue weighted by Gasteiger charge is 1.69. The molecular formula is C6H11ClN2O2. The Morgan fingerprint density at radius 3 is 2.18 bits per heavy atom. The van der Waals surface area contributed by atoms with E-state index in [4.69, 9.17) is 9.90 Å². The molecule has 4 nitrogen and oxygen atoms in total. The number of hydrogen-bond acceptors (Lipinski definition) is 2. The highest BCUT2D eigenvalue weighted by atomic mass is 35.5. The van der Waals surface area contributed by atoms with Crippen LogP contribution >= 0.6 is 12.4 Å². The van der Waals surface area contributed by atoms with Crippen LogP contribution in [-0.2, 0) is 11.8 Å². The monoisotopic (exact) mass is 178 g/mol. The molecule has 11 heavy (non-hydrogen) atoms. The molecule has 0 amide bonds. The number of rotatable bonds is 0. The van der Waals surface area contributed by atoms with E-state index in [2.05, 4.69) is 4.98 Å². The minimum atomic E-state index is -0.833. The summed E-state index contributed by atoms with van der Waals surface area (Å²) in [7, 11) is 1.94. The molecule has 1 rings (SSSR count). The van der Waals surface area contributed by atoms with Crippen LogP contribution < -0.4 is 0 Å². The van der Waals surface area contributed by atoms with Gasteiger partial charge in [-0.05, 0) is 0 Å². The highest BCUT2D eigenvalue weighted by Crippen LogP contribution is 1.73.